The molecule has 1 unspecified atom stereocenters. The summed E-state index contributed by atoms with van der Waals surface area (Å²) >= 11 is 0. The van der Waals surface area contributed by atoms with Crippen molar-refractivity contribution in [2.24, 2.45) is 0 Å². The van der Waals surface area contributed by atoms with E-state index in [0.717, 1.165) is 5.69 Å². The molecule has 1 fully saturated rings. The van der Waals surface area contributed by atoms with Crippen LogP contribution in [0.3, 0.4) is 0 Å². The van der Waals surface area contributed by atoms with Crippen molar-refractivity contribution >= 4 is 5.91 Å². The molecule has 0 radical (unpaired) electrons. The van der Waals surface area contributed by atoms with Crippen LogP contribution in [0, 0.1) is 0 Å². The number of carbonyl (C=O) groups excluding carboxylic acids is 1. The number of ether oxygens (including phenoxy) is 1. The van der Waals surface area contributed by atoms with Crippen LogP contribution in [-0.2, 0) is 16.1 Å². The molecule has 1 saturated heterocycles. The van der Waals surface area contributed by atoms with Gasteiger partial charge in [-0.2, -0.15) is 0 Å². The topological polar surface area (TPSA) is 62.7 Å². The van der Waals surface area contributed by atoms with E-state index in [-0.39, 0.29) is 12.5 Å². The molecule has 17 heavy (non-hydrogen) atoms. The zero-order valence-corrected chi connectivity index (χ0v) is 9.58. The monoisotopic (exact) mass is 236 g/mol. The third-order valence-corrected chi connectivity index (χ3v) is 2.74. The lowest BCUT2D eigenvalue weighted by molar-refractivity contribution is -0.154. The van der Waals surface area contributed by atoms with E-state index >= 15 is 0 Å². The third-order valence-electron chi connectivity index (χ3n) is 2.74. The van der Waals surface area contributed by atoms with E-state index in [1.165, 1.54) is 0 Å². The number of rotatable bonds is 4. The minimum absolute atomic E-state index is 0.0339. The Morgan fingerprint density at radius 2 is 2.41 bits per heavy atom. The molecule has 1 aromatic heterocycles. The van der Waals surface area contributed by atoms with Crippen molar-refractivity contribution in [1.82, 2.24) is 9.88 Å². The van der Waals surface area contributed by atoms with Crippen LogP contribution in [0.4, 0.5) is 0 Å². The first kappa shape index (κ1) is 12.0. The predicted octanol–water partition coefficient (Wildman–Crippen LogP) is 0.191. The molecule has 0 aliphatic carbocycles. The van der Waals surface area contributed by atoms with Gasteiger partial charge in [-0.3, -0.25) is 9.78 Å². The highest BCUT2D eigenvalue weighted by molar-refractivity contribution is 5.81. The fourth-order valence-electron chi connectivity index (χ4n) is 1.86. The van der Waals surface area contributed by atoms with Crippen LogP contribution in [0.5, 0.6) is 0 Å². The second-order valence-corrected chi connectivity index (χ2v) is 3.95. The highest BCUT2D eigenvalue weighted by atomic mass is 16.5. The quantitative estimate of drug-likeness (QED) is 0.810. The predicted molar refractivity (Wildman–Crippen MR) is 61.1 cm³/mol. The Balaban J connectivity index is 1.98. The van der Waals surface area contributed by atoms with Gasteiger partial charge in [-0.05, 0) is 12.1 Å². The highest BCUT2D eigenvalue weighted by Gasteiger charge is 2.29. The van der Waals surface area contributed by atoms with E-state index in [1.54, 1.807) is 11.1 Å². The van der Waals surface area contributed by atoms with Gasteiger partial charge in [0, 0.05) is 25.8 Å². The number of hydrogen-bond acceptors (Lipinski definition) is 4. The van der Waals surface area contributed by atoms with Crippen molar-refractivity contribution in [3.05, 3.63) is 30.1 Å². The molecule has 1 atom stereocenters. The van der Waals surface area contributed by atoms with Crippen LogP contribution in [0.2, 0.25) is 0 Å². The summed E-state index contributed by atoms with van der Waals surface area (Å²) in [5, 5.41) is 8.85. The maximum absolute atomic E-state index is 12.0. The molecule has 92 valence electrons. The van der Waals surface area contributed by atoms with Crippen molar-refractivity contribution < 1.29 is 14.6 Å². The molecule has 0 saturated carbocycles. The average Bonchev–Trinajstić information content (AvgIpc) is 2.36. The fourth-order valence-corrected chi connectivity index (χ4v) is 1.86. The molecule has 0 aromatic carbocycles. The van der Waals surface area contributed by atoms with Crippen LogP contribution in [0.25, 0.3) is 0 Å². The van der Waals surface area contributed by atoms with Crippen LogP contribution in [0.15, 0.2) is 24.4 Å². The SMILES string of the molecule is O=C1C(CCO)OCCN1Cc1ccccn1. The number of aliphatic hydroxyl groups excluding tert-OH is 1. The summed E-state index contributed by atoms with van der Waals surface area (Å²) in [5.74, 6) is -0.0593. The summed E-state index contributed by atoms with van der Waals surface area (Å²) in [4.78, 5) is 17.9. The molecule has 5 nitrogen and oxygen atoms in total. The third kappa shape index (κ3) is 3.01. The molecule has 2 rings (SSSR count). The minimum atomic E-state index is -0.502. The van der Waals surface area contributed by atoms with E-state index in [1.807, 2.05) is 18.2 Å². The normalized spacial score (nSPS) is 20.6. The van der Waals surface area contributed by atoms with Gasteiger partial charge in [-0.1, -0.05) is 6.07 Å². The van der Waals surface area contributed by atoms with Crippen molar-refractivity contribution in [3.63, 3.8) is 0 Å². The van der Waals surface area contributed by atoms with Gasteiger partial charge in [0.1, 0.15) is 6.10 Å². The van der Waals surface area contributed by atoms with Gasteiger partial charge >= 0.3 is 0 Å². The molecule has 1 aliphatic rings. The summed E-state index contributed by atoms with van der Waals surface area (Å²) in [6.45, 7) is 1.57. The number of aliphatic hydroxyl groups is 1. The Kier molecular flexibility index (Phi) is 4.06. The Bertz CT molecular complexity index is 367. The Labute approximate surface area is 100 Å². The van der Waals surface area contributed by atoms with Crippen molar-refractivity contribution in [2.75, 3.05) is 19.8 Å². The van der Waals surface area contributed by atoms with Crippen LogP contribution >= 0.6 is 0 Å². The average molecular weight is 236 g/mol. The fraction of sp³-hybridized carbons (Fsp3) is 0.500. The molecule has 2 heterocycles. The Hall–Kier alpha value is -1.46. The Morgan fingerprint density at radius 3 is 3.12 bits per heavy atom. The molecule has 1 aromatic rings. The van der Waals surface area contributed by atoms with Gasteiger partial charge in [0.25, 0.3) is 5.91 Å². The van der Waals surface area contributed by atoms with E-state index in [9.17, 15) is 4.79 Å². The number of aromatic nitrogens is 1. The van der Waals surface area contributed by atoms with E-state index < -0.39 is 6.10 Å². The summed E-state index contributed by atoms with van der Waals surface area (Å²) in [6.07, 6.45) is 1.57. The molecule has 1 N–H and O–H groups in total. The number of carbonyl (C=O) groups is 1. The molecular formula is C12H16N2O3. The second-order valence-electron chi connectivity index (χ2n) is 3.95. The van der Waals surface area contributed by atoms with E-state index in [0.29, 0.717) is 26.1 Å². The molecule has 1 aliphatic heterocycles. The Morgan fingerprint density at radius 1 is 1.53 bits per heavy atom. The molecule has 5 heteroatoms. The summed E-state index contributed by atoms with van der Waals surface area (Å²) < 4.78 is 5.33. The van der Waals surface area contributed by atoms with Gasteiger partial charge < -0.3 is 14.7 Å². The van der Waals surface area contributed by atoms with Crippen LogP contribution in [-0.4, -0.2) is 46.8 Å². The zero-order chi connectivity index (χ0) is 12.1. The smallest absolute Gasteiger partial charge is 0.252 e. The molecule has 1 amide bonds. The lowest BCUT2D eigenvalue weighted by atomic mass is 10.2. The van der Waals surface area contributed by atoms with Crippen molar-refractivity contribution in [1.29, 1.82) is 0 Å². The van der Waals surface area contributed by atoms with Gasteiger partial charge in [0.15, 0.2) is 0 Å². The maximum Gasteiger partial charge on any atom is 0.252 e. The van der Waals surface area contributed by atoms with Gasteiger partial charge in [0.2, 0.25) is 0 Å². The second kappa shape index (κ2) is 5.75. The van der Waals surface area contributed by atoms with E-state index in [2.05, 4.69) is 4.98 Å². The first-order valence-electron chi connectivity index (χ1n) is 5.72. The molecule has 0 bridgehead atoms. The van der Waals surface area contributed by atoms with Crippen molar-refractivity contribution in [2.45, 2.75) is 19.1 Å². The van der Waals surface area contributed by atoms with Crippen LogP contribution < -0.4 is 0 Å². The summed E-state index contributed by atoms with van der Waals surface area (Å²) in [6, 6.07) is 5.64. The lowest BCUT2D eigenvalue weighted by Gasteiger charge is -2.32. The summed E-state index contributed by atoms with van der Waals surface area (Å²) in [7, 11) is 0. The van der Waals surface area contributed by atoms with Gasteiger partial charge in [-0.25, -0.2) is 0 Å². The number of pyridine rings is 1. The first-order valence-corrected chi connectivity index (χ1v) is 5.72. The first-order chi connectivity index (χ1) is 8.31. The summed E-state index contributed by atoms with van der Waals surface area (Å²) in [5.41, 5.74) is 0.866. The molecular weight excluding hydrogens is 220 g/mol. The number of morpholine rings is 1. The lowest BCUT2D eigenvalue weighted by Crippen LogP contribution is -2.47. The van der Waals surface area contributed by atoms with Gasteiger partial charge in [0.05, 0.1) is 18.8 Å². The van der Waals surface area contributed by atoms with E-state index in [4.69, 9.17) is 9.84 Å². The number of nitrogens with zero attached hydrogens (tertiary/aromatic N) is 2. The largest absolute Gasteiger partial charge is 0.396 e. The standard InChI is InChI=1S/C12H16N2O3/c15-7-4-11-12(16)14(6-8-17-11)9-10-3-1-2-5-13-10/h1-3,5,11,15H,4,6-9H2. The van der Waals surface area contributed by atoms with Crippen LogP contribution in [0.1, 0.15) is 12.1 Å². The minimum Gasteiger partial charge on any atom is -0.396 e. The number of hydrogen-bond donors (Lipinski definition) is 1. The van der Waals surface area contributed by atoms with Crippen molar-refractivity contribution in [3.8, 4) is 0 Å². The zero-order valence-electron chi connectivity index (χ0n) is 9.58. The number of amides is 1. The maximum atomic E-state index is 12.0. The van der Waals surface area contributed by atoms with Gasteiger partial charge in [-0.15, -0.1) is 0 Å². The highest BCUT2D eigenvalue weighted by Crippen LogP contribution is 2.12. The molecule has 0 spiro atoms.